The van der Waals surface area contributed by atoms with Gasteiger partial charge in [0.05, 0.1) is 16.3 Å². The van der Waals surface area contributed by atoms with E-state index in [-0.39, 0.29) is 3.71 Å². The SMILES string of the molecule is O=S(=O)(c1ccc(O)c(O)c1)N(Cc1cccc2ccccc12)S(=O)(=O)c1ccc(O)c(O)c1. The molecule has 4 rings (SSSR count). The molecule has 0 aromatic heterocycles. The van der Waals surface area contributed by atoms with Crippen molar-refractivity contribution >= 4 is 30.8 Å². The highest BCUT2D eigenvalue weighted by molar-refractivity contribution is 8.04. The van der Waals surface area contributed by atoms with Crippen LogP contribution in [0.1, 0.15) is 5.56 Å². The van der Waals surface area contributed by atoms with Gasteiger partial charge >= 0.3 is 0 Å². The maximum atomic E-state index is 13.6. The zero-order chi connectivity index (χ0) is 24.7. The predicted octanol–water partition coefficient (Wildman–Crippen LogP) is 3.24. The minimum Gasteiger partial charge on any atom is -0.504 e. The van der Waals surface area contributed by atoms with Crippen molar-refractivity contribution in [3.05, 3.63) is 84.4 Å². The number of phenolic OH excluding ortho intramolecular Hbond substituents is 4. The molecule has 4 aromatic rings. The number of nitrogens with zero attached hydrogens (tertiary/aromatic N) is 1. The number of phenols is 4. The minimum atomic E-state index is -4.81. The minimum absolute atomic E-state index is 0.249. The zero-order valence-corrected chi connectivity index (χ0v) is 19.0. The van der Waals surface area contributed by atoms with Gasteiger partial charge in [0, 0.05) is 12.1 Å². The van der Waals surface area contributed by atoms with Crippen molar-refractivity contribution in [1.29, 1.82) is 0 Å². The zero-order valence-electron chi connectivity index (χ0n) is 17.4. The van der Waals surface area contributed by atoms with E-state index in [0.29, 0.717) is 10.9 Å². The first-order valence-corrected chi connectivity index (χ1v) is 12.7. The lowest BCUT2D eigenvalue weighted by atomic mass is 10.1. The van der Waals surface area contributed by atoms with Crippen molar-refractivity contribution in [1.82, 2.24) is 3.71 Å². The molecular weight excluding hydrogens is 482 g/mol. The lowest BCUT2D eigenvalue weighted by Gasteiger charge is -2.23. The van der Waals surface area contributed by atoms with E-state index >= 15 is 0 Å². The van der Waals surface area contributed by atoms with Crippen LogP contribution in [0.2, 0.25) is 0 Å². The van der Waals surface area contributed by atoms with Crippen molar-refractivity contribution in [3.63, 3.8) is 0 Å². The summed E-state index contributed by atoms with van der Waals surface area (Å²) in [5, 5.41) is 40.2. The van der Waals surface area contributed by atoms with Crippen LogP contribution in [-0.4, -0.2) is 41.0 Å². The number of fused-ring (bicyclic) bond motifs is 1. The van der Waals surface area contributed by atoms with Gasteiger partial charge in [-0.1, -0.05) is 46.2 Å². The van der Waals surface area contributed by atoms with E-state index in [9.17, 15) is 37.3 Å². The van der Waals surface area contributed by atoms with E-state index in [4.69, 9.17) is 0 Å². The number of rotatable bonds is 6. The van der Waals surface area contributed by atoms with Crippen molar-refractivity contribution in [3.8, 4) is 23.0 Å². The van der Waals surface area contributed by atoms with Gasteiger partial charge in [-0.05, 0) is 40.6 Å². The molecular formula is C23H19NO8S2. The summed E-state index contributed by atoms with van der Waals surface area (Å²) in [6.45, 7) is -0.602. The van der Waals surface area contributed by atoms with Gasteiger partial charge in [0.25, 0.3) is 20.0 Å². The van der Waals surface area contributed by atoms with Gasteiger partial charge in [0.1, 0.15) is 0 Å². The quantitative estimate of drug-likeness (QED) is 0.294. The molecule has 4 N–H and O–H groups in total. The first-order chi connectivity index (χ1) is 16.0. The van der Waals surface area contributed by atoms with Crippen molar-refractivity contribution in [2.75, 3.05) is 0 Å². The fourth-order valence-corrected chi connectivity index (χ4v) is 7.07. The summed E-state index contributed by atoms with van der Waals surface area (Å²) in [6, 6.07) is 17.3. The highest BCUT2D eigenvalue weighted by Crippen LogP contribution is 2.35. The Morgan fingerprint density at radius 2 is 1.09 bits per heavy atom. The smallest absolute Gasteiger partial charge is 0.256 e. The van der Waals surface area contributed by atoms with Gasteiger partial charge in [-0.25, -0.2) is 16.8 Å². The Hall–Kier alpha value is -3.80. The van der Waals surface area contributed by atoms with Crippen LogP contribution in [0.3, 0.4) is 0 Å². The average Bonchev–Trinajstić information content (AvgIpc) is 2.80. The Morgan fingerprint density at radius 3 is 1.62 bits per heavy atom. The number of hydrogen-bond acceptors (Lipinski definition) is 8. The molecule has 0 saturated heterocycles. The Morgan fingerprint density at radius 1 is 0.588 bits per heavy atom. The van der Waals surface area contributed by atoms with Crippen LogP contribution >= 0.6 is 0 Å². The van der Waals surface area contributed by atoms with Crippen LogP contribution < -0.4 is 0 Å². The third-order valence-electron chi connectivity index (χ3n) is 5.21. The Kier molecular flexibility index (Phi) is 5.86. The summed E-state index contributed by atoms with van der Waals surface area (Å²) >= 11 is 0. The maximum Gasteiger partial charge on any atom is 0.256 e. The van der Waals surface area contributed by atoms with E-state index in [1.54, 1.807) is 42.5 Å². The van der Waals surface area contributed by atoms with Crippen LogP contribution in [-0.2, 0) is 26.6 Å². The third kappa shape index (κ3) is 4.12. The molecule has 0 aliphatic rings. The molecule has 0 heterocycles. The highest BCUT2D eigenvalue weighted by atomic mass is 32.3. The van der Waals surface area contributed by atoms with Gasteiger partial charge in [0.15, 0.2) is 23.0 Å². The first-order valence-electron chi connectivity index (χ1n) is 9.80. The first kappa shape index (κ1) is 23.4. The highest BCUT2D eigenvalue weighted by Gasteiger charge is 2.38. The largest absolute Gasteiger partial charge is 0.504 e. The van der Waals surface area contributed by atoms with Gasteiger partial charge in [-0.2, -0.15) is 0 Å². The molecule has 34 heavy (non-hydrogen) atoms. The number of benzene rings is 4. The Balaban J connectivity index is 1.93. The summed E-state index contributed by atoms with van der Waals surface area (Å²) in [6.07, 6.45) is 0. The molecule has 4 aromatic carbocycles. The summed E-state index contributed by atoms with van der Waals surface area (Å²) in [5.74, 6) is -2.64. The normalized spacial score (nSPS) is 12.3. The molecule has 0 aliphatic carbocycles. The molecule has 176 valence electrons. The summed E-state index contributed by atoms with van der Waals surface area (Å²) < 4.78 is 54.5. The van der Waals surface area contributed by atoms with Gasteiger partial charge in [-0.15, -0.1) is 0 Å². The molecule has 0 amide bonds. The Bertz CT molecular complexity index is 1530. The molecule has 0 spiro atoms. The molecule has 0 unspecified atom stereocenters. The van der Waals surface area contributed by atoms with Crippen molar-refractivity contribution in [2.24, 2.45) is 0 Å². The molecule has 0 aliphatic heterocycles. The Labute approximate surface area is 195 Å². The summed E-state index contributed by atoms with van der Waals surface area (Å²) in [5.41, 5.74) is 0.385. The van der Waals surface area contributed by atoms with E-state index in [0.717, 1.165) is 41.8 Å². The number of sulfonamides is 2. The number of hydrogen-bond donors (Lipinski definition) is 4. The van der Waals surface area contributed by atoms with Gasteiger partial charge in [0.2, 0.25) is 0 Å². The van der Waals surface area contributed by atoms with Crippen LogP contribution in [0, 0.1) is 0 Å². The predicted molar refractivity (Wildman–Crippen MR) is 123 cm³/mol. The van der Waals surface area contributed by atoms with E-state index < -0.39 is 59.4 Å². The van der Waals surface area contributed by atoms with Crippen LogP contribution in [0.4, 0.5) is 0 Å². The average molecular weight is 502 g/mol. The molecule has 11 heteroatoms. The second-order valence-corrected chi connectivity index (χ2v) is 11.3. The van der Waals surface area contributed by atoms with Crippen LogP contribution in [0.25, 0.3) is 10.8 Å². The van der Waals surface area contributed by atoms with Crippen LogP contribution in [0.5, 0.6) is 23.0 Å². The van der Waals surface area contributed by atoms with E-state index in [1.165, 1.54) is 0 Å². The fourth-order valence-electron chi connectivity index (χ4n) is 3.43. The monoisotopic (exact) mass is 501 g/mol. The van der Waals surface area contributed by atoms with Crippen molar-refractivity contribution < 1.29 is 37.3 Å². The number of aromatic hydroxyl groups is 4. The fraction of sp³-hybridized carbons (Fsp3) is 0.0435. The van der Waals surface area contributed by atoms with E-state index in [1.807, 2.05) is 0 Å². The topological polar surface area (TPSA) is 152 Å². The third-order valence-corrected chi connectivity index (χ3v) is 9.41. The van der Waals surface area contributed by atoms with Crippen LogP contribution in [0.15, 0.2) is 88.7 Å². The molecule has 0 atom stereocenters. The van der Waals surface area contributed by atoms with Gasteiger partial charge in [-0.3, -0.25) is 0 Å². The molecule has 0 radical (unpaired) electrons. The maximum absolute atomic E-state index is 13.6. The molecule has 0 bridgehead atoms. The lowest BCUT2D eigenvalue weighted by molar-refractivity contribution is 0.401. The van der Waals surface area contributed by atoms with Gasteiger partial charge < -0.3 is 20.4 Å². The summed E-state index contributed by atoms with van der Waals surface area (Å²) in [7, 11) is -9.61. The summed E-state index contributed by atoms with van der Waals surface area (Å²) in [4.78, 5) is -1.15. The second kappa shape index (κ2) is 8.52. The standard InChI is InChI=1S/C23H19NO8S2/c25-20-10-8-17(12-22(20)27)33(29,30)24(34(31,32)18-9-11-21(26)23(28)13-18)14-16-6-3-5-15-4-1-2-7-19(15)16/h1-13,25-28H,14H2. The second-order valence-electron chi connectivity index (χ2n) is 7.38. The molecule has 0 fully saturated rings. The van der Waals surface area contributed by atoms with Crippen molar-refractivity contribution in [2.45, 2.75) is 16.3 Å². The lowest BCUT2D eigenvalue weighted by Crippen LogP contribution is -2.36. The molecule has 0 saturated carbocycles. The van der Waals surface area contributed by atoms with E-state index in [2.05, 4.69) is 0 Å². The molecule has 9 nitrogen and oxygen atoms in total.